The van der Waals surface area contributed by atoms with E-state index in [0.29, 0.717) is 42.7 Å². The summed E-state index contributed by atoms with van der Waals surface area (Å²) in [6, 6.07) is 13.7. The molecular weight excluding hydrogens is 376 g/mol. The van der Waals surface area contributed by atoms with Crippen molar-refractivity contribution in [1.82, 2.24) is 9.88 Å². The van der Waals surface area contributed by atoms with Crippen LogP contribution in [-0.2, 0) is 0 Å². The zero-order valence-electron chi connectivity index (χ0n) is 17.8. The Labute approximate surface area is 177 Å². The van der Waals surface area contributed by atoms with Gasteiger partial charge in [-0.1, -0.05) is 38.1 Å². The van der Waals surface area contributed by atoms with E-state index in [4.69, 9.17) is 9.47 Å². The second-order valence-corrected chi connectivity index (χ2v) is 8.05. The molecule has 156 valence electrons. The van der Waals surface area contributed by atoms with E-state index in [2.05, 4.69) is 49.3 Å². The average molecular weight is 405 g/mol. The van der Waals surface area contributed by atoms with Gasteiger partial charge in [-0.2, -0.15) is 0 Å². The summed E-state index contributed by atoms with van der Waals surface area (Å²) in [5.41, 5.74) is 4.27. The van der Waals surface area contributed by atoms with Gasteiger partial charge in [0.05, 0.1) is 13.7 Å². The number of nitrogens with zero attached hydrogens (tertiary/aromatic N) is 1. The Hall–Kier alpha value is -3.21. The predicted octanol–water partition coefficient (Wildman–Crippen LogP) is 5.14. The number of nitrogens with one attached hydrogen (secondary N) is 1. The van der Waals surface area contributed by atoms with Gasteiger partial charge in [-0.15, -0.1) is 0 Å². The Bertz CT molecular complexity index is 1080. The van der Waals surface area contributed by atoms with Gasteiger partial charge in [0.1, 0.15) is 0 Å². The number of para-hydroxylation sites is 1. The van der Waals surface area contributed by atoms with Crippen LogP contribution in [0.15, 0.2) is 54.7 Å². The summed E-state index contributed by atoms with van der Waals surface area (Å²) >= 11 is 0. The van der Waals surface area contributed by atoms with Gasteiger partial charge in [0.25, 0.3) is 5.91 Å². The summed E-state index contributed by atoms with van der Waals surface area (Å²) in [7, 11) is 1.60. The number of H-pyrrole nitrogens is 1. The number of carbonyl (C=O) groups excluding carboxylic acids is 1. The highest BCUT2D eigenvalue weighted by Gasteiger charge is 2.21. The molecule has 1 aliphatic heterocycles. The fraction of sp³-hybridized carbons (Fsp3) is 0.320. The number of rotatable bonds is 6. The molecule has 3 aromatic rings. The molecule has 5 heteroatoms. The molecule has 4 rings (SSSR count). The molecule has 30 heavy (non-hydrogen) atoms. The number of hydrogen-bond donors (Lipinski definition) is 1. The molecule has 2 aromatic carbocycles. The molecule has 1 N–H and O–H groups in total. The highest BCUT2D eigenvalue weighted by molar-refractivity contribution is 5.96. The SMILES string of the molecule is COc1cc(C(=O)N2CC=C(c3c[nH]c4ccccc34)CC2)ccc1OCC(C)C. The van der Waals surface area contributed by atoms with E-state index in [-0.39, 0.29) is 5.91 Å². The molecule has 5 nitrogen and oxygen atoms in total. The summed E-state index contributed by atoms with van der Waals surface area (Å²) in [5, 5.41) is 1.23. The topological polar surface area (TPSA) is 54.6 Å². The summed E-state index contributed by atoms with van der Waals surface area (Å²) in [4.78, 5) is 18.3. The largest absolute Gasteiger partial charge is 0.493 e. The van der Waals surface area contributed by atoms with Crippen molar-refractivity contribution < 1.29 is 14.3 Å². The Balaban J connectivity index is 1.48. The molecule has 1 amide bonds. The maximum atomic E-state index is 13.0. The summed E-state index contributed by atoms with van der Waals surface area (Å²) in [6.45, 7) is 6.09. The highest BCUT2D eigenvalue weighted by atomic mass is 16.5. The number of methoxy groups -OCH3 is 1. The Morgan fingerprint density at radius 1 is 1.17 bits per heavy atom. The standard InChI is InChI=1S/C25H28N2O3/c1-17(2)16-30-23-9-8-19(14-24(23)29-3)25(28)27-12-10-18(11-13-27)21-15-26-22-7-5-4-6-20(21)22/h4-10,14-15,17,26H,11-13,16H2,1-3H3. The number of amides is 1. The van der Waals surface area contributed by atoms with Gasteiger partial charge in [-0.25, -0.2) is 0 Å². The molecule has 1 aliphatic rings. The van der Waals surface area contributed by atoms with Crippen molar-refractivity contribution in [2.45, 2.75) is 20.3 Å². The smallest absolute Gasteiger partial charge is 0.254 e. The number of aromatic nitrogens is 1. The van der Waals surface area contributed by atoms with E-state index in [1.807, 2.05) is 23.1 Å². The highest BCUT2D eigenvalue weighted by Crippen LogP contribution is 2.31. The summed E-state index contributed by atoms with van der Waals surface area (Å²) in [6.07, 6.45) is 5.06. The monoisotopic (exact) mass is 404 g/mol. The van der Waals surface area contributed by atoms with E-state index in [0.717, 1.165) is 11.9 Å². The molecular formula is C25H28N2O3. The first-order valence-electron chi connectivity index (χ1n) is 10.4. The minimum atomic E-state index is 0.0120. The van der Waals surface area contributed by atoms with Crippen molar-refractivity contribution in [2.24, 2.45) is 5.92 Å². The molecule has 0 spiro atoms. The van der Waals surface area contributed by atoms with Crippen molar-refractivity contribution in [3.05, 3.63) is 65.9 Å². The van der Waals surface area contributed by atoms with Crippen molar-refractivity contribution in [1.29, 1.82) is 0 Å². The van der Waals surface area contributed by atoms with Gasteiger partial charge in [0, 0.05) is 41.3 Å². The third-order valence-corrected chi connectivity index (χ3v) is 5.41. The number of carbonyl (C=O) groups is 1. The molecule has 0 fully saturated rings. The fourth-order valence-electron chi connectivity index (χ4n) is 3.79. The quantitative estimate of drug-likeness (QED) is 0.619. The maximum Gasteiger partial charge on any atom is 0.254 e. The van der Waals surface area contributed by atoms with Crippen LogP contribution in [-0.4, -0.2) is 42.6 Å². The van der Waals surface area contributed by atoms with Crippen LogP contribution in [0.1, 0.15) is 36.2 Å². The Morgan fingerprint density at radius 2 is 2.00 bits per heavy atom. The number of hydrogen-bond acceptors (Lipinski definition) is 3. The van der Waals surface area contributed by atoms with Crippen LogP contribution < -0.4 is 9.47 Å². The summed E-state index contributed by atoms with van der Waals surface area (Å²) in [5.74, 6) is 1.69. The van der Waals surface area contributed by atoms with Crippen LogP contribution >= 0.6 is 0 Å². The van der Waals surface area contributed by atoms with Crippen LogP contribution in [0.4, 0.5) is 0 Å². The van der Waals surface area contributed by atoms with Crippen molar-refractivity contribution >= 4 is 22.4 Å². The van der Waals surface area contributed by atoms with Crippen LogP contribution in [0.3, 0.4) is 0 Å². The number of fused-ring (bicyclic) bond motifs is 1. The fourth-order valence-corrected chi connectivity index (χ4v) is 3.79. The van der Waals surface area contributed by atoms with Gasteiger partial charge >= 0.3 is 0 Å². The van der Waals surface area contributed by atoms with E-state index >= 15 is 0 Å². The lowest BCUT2D eigenvalue weighted by Crippen LogP contribution is -2.34. The lowest BCUT2D eigenvalue weighted by Gasteiger charge is -2.27. The molecule has 0 bridgehead atoms. The predicted molar refractivity (Wildman–Crippen MR) is 120 cm³/mol. The van der Waals surface area contributed by atoms with Crippen molar-refractivity contribution in [3.8, 4) is 11.5 Å². The van der Waals surface area contributed by atoms with Gasteiger partial charge in [0.15, 0.2) is 11.5 Å². The second kappa shape index (κ2) is 8.66. The molecule has 0 atom stereocenters. The number of ether oxygens (including phenoxy) is 2. The van der Waals surface area contributed by atoms with Crippen LogP contribution in [0, 0.1) is 5.92 Å². The average Bonchev–Trinajstić information content (AvgIpc) is 3.21. The van der Waals surface area contributed by atoms with Crippen molar-refractivity contribution in [3.63, 3.8) is 0 Å². The lowest BCUT2D eigenvalue weighted by molar-refractivity contribution is 0.0772. The first kappa shape index (κ1) is 20.1. The first-order chi connectivity index (χ1) is 14.6. The zero-order valence-corrected chi connectivity index (χ0v) is 17.8. The van der Waals surface area contributed by atoms with Gasteiger partial charge in [-0.05, 0) is 42.2 Å². The second-order valence-electron chi connectivity index (χ2n) is 8.05. The van der Waals surface area contributed by atoms with E-state index in [9.17, 15) is 4.79 Å². The van der Waals surface area contributed by atoms with Gasteiger partial charge in [-0.3, -0.25) is 4.79 Å². The zero-order chi connectivity index (χ0) is 21.1. The normalized spacial score (nSPS) is 14.1. The molecule has 0 aliphatic carbocycles. The third kappa shape index (κ3) is 4.06. The van der Waals surface area contributed by atoms with Crippen LogP contribution in [0.5, 0.6) is 11.5 Å². The number of aromatic amines is 1. The maximum absolute atomic E-state index is 13.0. The van der Waals surface area contributed by atoms with Gasteiger partial charge in [0.2, 0.25) is 0 Å². The minimum absolute atomic E-state index is 0.0120. The van der Waals surface area contributed by atoms with E-state index in [1.54, 1.807) is 13.2 Å². The molecule has 2 heterocycles. The number of benzene rings is 2. The molecule has 0 saturated heterocycles. The van der Waals surface area contributed by atoms with Crippen LogP contribution in [0.2, 0.25) is 0 Å². The Morgan fingerprint density at radius 3 is 2.73 bits per heavy atom. The van der Waals surface area contributed by atoms with Crippen LogP contribution in [0.25, 0.3) is 16.5 Å². The first-order valence-corrected chi connectivity index (χ1v) is 10.4. The van der Waals surface area contributed by atoms with Gasteiger partial charge < -0.3 is 19.4 Å². The summed E-state index contributed by atoms with van der Waals surface area (Å²) < 4.78 is 11.2. The molecule has 1 aromatic heterocycles. The Kier molecular flexibility index (Phi) is 5.79. The molecule has 0 saturated carbocycles. The minimum Gasteiger partial charge on any atom is -0.493 e. The molecule has 0 radical (unpaired) electrons. The molecule has 0 unspecified atom stereocenters. The lowest BCUT2D eigenvalue weighted by atomic mass is 9.98. The third-order valence-electron chi connectivity index (χ3n) is 5.41. The van der Waals surface area contributed by atoms with Crippen molar-refractivity contribution in [2.75, 3.05) is 26.8 Å². The van der Waals surface area contributed by atoms with E-state index < -0.39 is 0 Å². The van der Waals surface area contributed by atoms with E-state index in [1.165, 1.54) is 16.5 Å².